The van der Waals surface area contributed by atoms with Crippen LogP contribution in [0.4, 0.5) is 5.69 Å². The Bertz CT molecular complexity index is 1010. The Kier molecular flexibility index (Phi) is 4.39. The Morgan fingerprint density at radius 1 is 1.15 bits per heavy atom. The molecule has 1 atom stereocenters. The second-order valence-electron chi connectivity index (χ2n) is 6.96. The van der Waals surface area contributed by atoms with Crippen molar-refractivity contribution in [1.82, 2.24) is 14.7 Å². The number of benzene rings is 1. The summed E-state index contributed by atoms with van der Waals surface area (Å²) in [5, 5.41) is 2.90. The normalized spacial score (nSPS) is 17.3. The smallest absolute Gasteiger partial charge is 0.272 e. The lowest BCUT2D eigenvalue weighted by Gasteiger charge is -2.32. The number of hydrogen-bond donors (Lipinski definition) is 1. The van der Waals surface area contributed by atoms with Gasteiger partial charge in [0.2, 0.25) is 5.91 Å². The van der Waals surface area contributed by atoms with Crippen molar-refractivity contribution < 1.29 is 9.59 Å². The molecule has 6 heteroatoms. The van der Waals surface area contributed by atoms with Gasteiger partial charge in [-0.25, -0.2) is 4.98 Å². The third-order valence-electron chi connectivity index (χ3n) is 5.03. The molecule has 1 aliphatic heterocycles. The zero-order valence-corrected chi connectivity index (χ0v) is 15.5. The number of imidazole rings is 1. The molecule has 0 spiro atoms. The van der Waals surface area contributed by atoms with E-state index in [-0.39, 0.29) is 11.8 Å². The van der Waals surface area contributed by atoms with Crippen LogP contribution >= 0.6 is 0 Å². The number of carbonyl (C=O) groups excluding carboxylic acids is 2. The summed E-state index contributed by atoms with van der Waals surface area (Å²) in [7, 11) is 0. The lowest BCUT2D eigenvalue weighted by molar-refractivity contribution is -0.121. The lowest BCUT2D eigenvalue weighted by Crippen LogP contribution is -2.52. The fraction of sp³-hybridized carbons (Fsp3) is 0.286. The van der Waals surface area contributed by atoms with Gasteiger partial charge < -0.3 is 14.6 Å². The predicted molar refractivity (Wildman–Crippen MR) is 104 cm³/mol. The number of piperidine rings is 1. The van der Waals surface area contributed by atoms with E-state index in [1.54, 1.807) is 4.90 Å². The first-order valence-corrected chi connectivity index (χ1v) is 9.17. The number of hydrogen-bond acceptors (Lipinski definition) is 3. The number of rotatable bonds is 3. The maximum absolute atomic E-state index is 12.9. The topological polar surface area (TPSA) is 66.7 Å². The van der Waals surface area contributed by atoms with Crippen molar-refractivity contribution in [2.24, 2.45) is 0 Å². The molecule has 3 heterocycles. The molecule has 0 bridgehead atoms. The van der Waals surface area contributed by atoms with E-state index in [2.05, 4.69) is 10.3 Å². The van der Waals surface area contributed by atoms with E-state index in [0.717, 1.165) is 29.0 Å². The van der Waals surface area contributed by atoms with Crippen LogP contribution in [-0.2, 0) is 4.79 Å². The summed E-state index contributed by atoms with van der Waals surface area (Å²) in [4.78, 5) is 31.9. The summed E-state index contributed by atoms with van der Waals surface area (Å²) < 4.78 is 1.87. The number of anilines is 1. The Morgan fingerprint density at radius 2 is 1.93 bits per heavy atom. The highest BCUT2D eigenvalue weighted by Crippen LogP contribution is 2.22. The summed E-state index contributed by atoms with van der Waals surface area (Å²) in [5.41, 5.74) is 3.11. The number of aromatic nitrogens is 2. The Balaban J connectivity index is 1.55. The van der Waals surface area contributed by atoms with Crippen molar-refractivity contribution >= 4 is 23.0 Å². The lowest BCUT2D eigenvalue weighted by atomic mass is 10.0. The molecule has 2 amide bonds. The van der Waals surface area contributed by atoms with Gasteiger partial charge in [0.1, 0.15) is 11.9 Å². The van der Waals surface area contributed by atoms with Gasteiger partial charge >= 0.3 is 0 Å². The van der Waals surface area contributed by atoms with Gasteiger partial charge in [0, 0.05) is 18.4 Å². The molecule has 1 aliphatic rings. The van der Waals surface area contributed by atoms with Gasteiger partial charge in [0.15, 0.2) is 5.69 Å². The average molecular weight is 362 g/mol. The highest BCUT2D eigenvalue weighted by Gasteiger charge is 2.31. The van der Waals surface area contributed by atoms with Crippen LogP contribution in [0.5, 0.6) is 0 Å². The molecule has 0 radical (unpaired) electrons. The monoisotopic (exact) mass is 362 g/mol. The third kappa shape index (κ3) is 3.18. The molecule has 138 valence electrons. The van der Waals surface area contributed by atoms with Crippen LogP contribution in [0.1, 0.15) is 34.7 Å². The maximum atomic E-state index is 12.9. The van der Waals surface area contributed by atoms with Crippen molar-refractivity contribution in [2.75, 3.05) is 11.4 Å². The molecule has 1 aromatic carbocycles. The van der Waals surface area contributed by atoms with E-state index < -0.39 is 6.04 Å². The van der Waals surface area contributed by atoms with Crippen LogP contribution in [0.3, 0.4) is 0 Å². The van der Waals surface area contributed by atoms with E-state index in [0.29, 0.717) is 18.7 Å². The van der Waals surface area contributed by atoms with Gasteiger partial charge in [-0.1, -0.05) is 23.8 Å². The Morgan fingerprint density at radius 3 is 2.70 bits per heavy atom. The second kappa shape index (κ2) is 6.87. The van der Waals surface area contributed by atoms with Gasteiger partial charge in [-0.05, 0) is 51.0 Å². The van der Waals surface area contributed by atoms with E-state index in [1.807, 2.05) is 66.9 Å². The van der Waals surface area contributed by atoms with Gasteiger partial charge in [-0.3, -0.25) is 9.59 Å². The van der Waals surface area contributed by atoms with Crippen LogP contribution in [-0.4, -0.2) is 33.8 Å². The van der Waals surface area contributed by atoms with Crippen molar-refractivity contribution in [3.05, 3.63) is 65.7 Å². The van der Waals surface area contributed by atoms with Gasteiger partial charge in [0.05, 0.1) is 5.52 Å². The van der Waals surface area contributed by atoms with Crippen molar-refractivity contribution in [1.29, 1.82) is 0 Å². The first kappa shape index (κ1) is 17.3. The number of amides is 2. The fourth-order valence-corrected chi connectivity index (χ4v) is 3.58. The number of nitrogens with one attached hydrogen (secondary N) is 1. The van der Waals surface area contributed by atoms with Crippen LogP contribution in [0.15, 0.2) is 48.7 Å². The van der Waals surface area contributed by atoms with Crippen molar-refractivity contribution in [3.63, 3.8) is 0 Å². The summed E-state index contributed by atoms with van der Waals surface area (Å²) >= 11 is 0. The van der Waals surface area contributed by atoms with E-state index in [9.17, 15) is 9.59 Å². The minimum Gasteiger partial charge on any atom is -0.339 e. The van der Waals surface area contributed by atoms with E-state index in [1.165, 1.54) is 0 Å². The molecule has 1 unspecified atom stereocenters. The van der Waals surface area contributed by atoms with Crippen LogP contribution in [0.25, 0.3) is 5.52 Å². The summed E-state index contributed by atoms with van der Waals surface area (Å²) in [6.45, 7) is 4.54. The molecule has 3 aromatic rings. The molecule has 2 aromatic heterocycles. The number of fused-ring (bicyclic) bond motifs is 1. The van der Waals surface area contributed by atoms with Gasteiger partial charge in [-0.15, -0.1) is 0 Å². The number of pyridine rings is 1. The molecule has 1 fully saturated rings. The molecular weight excluding hydrogens is 340 g/mol. The van der Waals surface area contributed by atoms with Crippen LogP contribution in [0.2, 0.25) is 0 Å². The van der Waals surface area contributed by atoms with Crippen LogP contribution < -0.4 is 10.2 Å². The highest BCUT2D eigenvalue weighted by atomic mass is 16.2. The number of nitrogens with zero attached hydrogens (tertiary/aromatic N) is 3. The fourth-order valence-electron chi connectivity index (χ4n) is 3.58. The molecule has 1 saturated heterocycles. The first-order valence-electron chi connectivity index (χ1n) is 9.17. The van der Waals surface area contributed by atoms with Crippen molar-refractivity contribution in [3.8, 4) is 0 Å². The summed E-state index contributed by atoms with van der Waals surface area (Å²) in [6, 6.07) is 13.0. The molecule has 6 nitrogen and oxygen atoms in total. The van der Waals surface area contributed by atoms with Crippen LogP contribution in [0, 0.1) is 13.8 Å². The van der Waals surface area contributed by atoms with E-state index in [4.69, 9.17) is 0 Å². The Hall–Kier alpha value is -3.15. The molecule has 27 heavy (non-hydrogen) atoms. The van der Waals surface area contributed by atoms with Gasteiger partial charge in [-0.2, -0.15) is 0 Å². The van der Waals surface area contributed by atoms with E-state index >= 15 is 0 Å². The predicted octanol–water partition coefficient (Wildman–Crippen LogP) is 2.88. The molecular formula is C21H22N4O2. The minimum atomic E-state index is -0.534. The largest absolute Gasteiger partial charge is 0.339 e. The standard InChI is InChI=1S/C21H22N4O2/c1-14-8-10-16(11-9-14)25-13-5-6-17(21(25)27)23-20(26)19-18-7-3-4-12-24(18)15(2)22-19/h3-4,7-12,17H,5-6,13H2,1-2H3,(H,23,26). The van der Waals surface area contributed by atoms with Crippen molar-refractivity contribution in [2.45, 2.75) is 32.7 Å². The van der Waals surface area contributed by atoms with Gasteiger partial charge in [0.25, 0.3) is 5.91 Å². The molecule has 4 rings (SSSR count). The first-order chi connectivity index (χ1) is 13.0. The number of carbonyl (C=O) groups is 2. The number of aryl methyl sites for hydroxylation is 2. The maximum Gasteiger partial charge on any atom is 0.272 e. The minimum absolute atomic E-state index is 0.0707. The summed E-state index contributed by atoms with van der Waals surface area (Å²) in [5.74, 6) is 0.363. The highest BCUT2D eigenvalue weighted by molar-refractivity contribution is 6.04. The average Bonchev–Trinajstić information content (AvgIpc) is 3.02. The summed E-state index contributed by atoms with van der Waals surface area (Å²) in [6.07, 6.45) is 3.35. The molecule has 0 aliphatic carbocycles. The molecule has 1 N–H and O–H groups in total. The SMILES string of the molecule is Cc1ccc(N2CCCC(NC(=O)c3nc(C)n4ccccc34)C2=O)cc1. The second-order valence-corrected chi connectivity index (χ2v) is 6.96. The Labute approximate surface area is 157 Å². The quantitative estimate of drug-likeness (QED) is 0.779. The zero-order chi connectivity index (χ0) is 19.0. The molecule has 0 saturated carbocycles. The third-order valence-corrected chi connectivity index (χ3v) is 5.03. The zero-order valence-electron chi connectivity index (χ0n) is 15.5.